The number of rotatable bonds is 2. The second-order valence-corrected chi connectivity index (χ2v) is 6.46. The zero-order valence-electron chi connectivity index (χ0n) is 12.3. The van der Waals surface area contributed by atoms with Crippen LogP contribution in [0.25, 0.3) is 5.65 Å². The molecule has 4 heteroatoms. The van der Waals surface area contributed by atoms with Gasteiger partial charge in [-0.1, -0.05) is 30.3 Å². The molecule has 0 bridgehead atoms. The van der Waals surface area contributed by atoms with Crippen LogP contribution in [0.15, 0.2) is 48.8 Å². The normalized spacial score (nSPS) is 26.1. The van der Waals surface area contributed by atoms with Gasteiger partial charge in [-0.15, -0.1) is 10.2 Å². The van der Waals surface area contributed by atoms with Gasteiger partial charge in [-0.05, 0) is 54.4 Å². The summed E-state index contributed by atoms with van der Waals surface area (Å²) in [7, 11) is 0. The number of hydrogen-bond acceptors (Lipinski definition) is 3. The third-order valence-corrected chi connectivity index (χ3v) is 5.41. The molecule has 110 valence electrons. The number of aromatic nitrogens is 3. The van der Waals surface area contributed by atoms with E-state index >= 15 is 0 Å². The van der Waals surface area contributed by atoms with Gasteiger partial charge in [0.05, 0.1) is 0 Å². The van der Waals surface area contributed by atoms with Crippen molar-refractivity contribution in [3.63, 3.8) is 0 Å². The van der Waals surface area contributed by atoms with E-state index in [4.69, 9.17) is 0 Å². The van der Waals surface area contributed by atoms with Gasteiger partial charge in [0.15, 0.2) is 5.65 Å². The van der Waals surface area contributed by atoms with Crippen molar-refractivity contribution in [1.29, 1.82) is 0 Å². The summed E-state index contributed by atoms with van der Waals surface area (Å²) in [5.41, 5.74) is 4.04. The lowest BCUT2D eigenvalue weighted by Gasteiger charge is -2.49. The number of nitrogens with one attached hydrogen (secondary N) is 1. The summed E-state index contributed by atoms with van der Waals surface area (Å²) < 4.78 is 2.03. The molecule has 3 aromatic rings. The molecule has 4 nitrogen and oxygen atoms in total. The van der Waals surface area contributed by atoms with E-state index in [1.807, 2.05) is 16.5 Å². The Bertz CT molecular complexity index is 838. The first-order valence-electron chi connectivity index (χ1n) is 8.03. The van der Waals surface area contributed by atoms with Crippen molar-refractivity contribution in [2.45, 2.75) is 31.2 Å². The molecular formula is C18H18N4. The minimum Gasteiger partial charge on any atom is -0.368 e. The highest BCUT2D eigenvalue weighted by Gasteiger charge is 2.44. The molecule has 2 aliphatic carbocycles. The Labute approximate surface area is 129 Å². The Balaban J connectivity index is 1.41. The van der Waals surface area contributed by atoms with Gasteiger partial charge in [0, 0.05) is 6.04 Å². The van der Waals surface area contributed by atoms with Gasteiger partial charge in [0.25, 0.3) is 0 Å². The number of nitrogens with zero attached hydrogens (tertiary/aromatic N) is 3. The largest absolute Gasteiger partial charge is 0.368 e. The van der Waals surface area contributed by atoms with Gasteiger partial charge in [-0.25, -0.2) is 0 Å². The number of benzene rings is 1. The van der Waals surface area contributed by atoms with Gasteiger partial charge in [0.1, 0.15) is 12.1 Å². The second kappa shape index (κ2) is 4.57. The number of anilines is 1. The minimum atomic E-state index is 0.561. The molecule has 0 aliphatic heterocycles. The van der Waals surface area contributed by atoms with E-state index in [-0.39, 0.29) is 0 Å². The molecule has 3 unspecified atom stereocenters. The van der Waals surface area contributed by atoms with Crippen LogP contribution in [0.2, 0.25) is 0 Å². The third kappa shape index (κ3) is 1.70. The predicted octanol–water partition coefficient (Wildman–Crippen LogP) is 3.26. The summed E-state index contributed by atoms with van der Waals surface area (Å²) in [6.07, 6.45) is 5.51. The molecule has 3 atom stereocenters. The van der Waals surface area contributed by atoms with Crippen LogP contribution in [0, 0.1) is 5.92 Å². The molecular weight excluding hydrogens is 272 g/mol. The van der Waals surface area contributed by atoms with Crippen LogP contribution in [-0.2, 0) is 6.42 Å². The number of pyridine rings is 1. The highest BCUT2D eigenvalue weighted by molar-refractivity contribution is 5.50. The molecule has 2 aromatic heterocycles. The summed E-state index contributed by atoms with van der Waals surface area (Å²) in [6.45, 7) is 0. The van der Waals surface area contributed by atoms with Crippen LogP contribution >= 0.6 is 0 Å². The lowest BCUT2D eigenvalue weighted by Crippen LogP contribution is -2.47. The van der Waals surface area contributed by atoms with E-state index in [0.29, 0.717) is 6.04 Å². The van der Waals surface area contributed by atoms with E-state index in [1.54, 1.807) is 17.5 Å². The first-order valence-corrected chi connectivity index (χ1v) is 8.03. The third-order valence-electron chi connectivity index (χ3n) is 5.41. The topological polar surface area (TPSA) is 42.2 Å². The minimum absolute atomic E-state index is 0.561. The average Bonchev–Trinajstić information content (AvgIpc) is 3.01. The Hall–Kier alpha value is -2.36. The zero-order valence-corrected chi connectivity index (χ0v) is 12.3. The van der Waals surface area contributed by atoms with E-state index in [0.717, 1.165) is 23.3 Å². The van der Waals surface area contributed by atoms with Crippen molar-refractivity contribution in [2.75, 3.05) is 5.32 Å². The predicted molar refractivity (Wildman–Crippen MR) is 86.0 cm³/mol. The first kappa shape index (κ1) is 12.2. The molecule has 0 saturated heterocycles. The van der Waals surface area contributed by atoms with Crippen molar-refractivity contribution in [3.8, 4) is 0 Å². The van der Waals surface area contributed by atoms with Gasteiger partial charge in [-0.2, -0.15) is 0 Å². The maximum absolute atomic E-state index is 4.11. The molecule has 1 saturated carbocycles. The van der Waals surface area contributed by atoms with E-state index in [1.165, 1.54) is 19.3 Å². The maximum atomic E-state index is 4.11. The van der Waals surface area contributed by atoms with Crippen molar-refractivity contribution in [1.82, 2.24) is 14.6 Å². The van der Waals surface area contributed by atoms with Crippen molar-refractivity contribution in [2.24, 2.45) is 5.92 Å². The SMILES string of the molecule is c1ccc2c(c1)CCC1C(Nc3cccc4nncn34)CC21. The molecule has 2 aliphatic rings. The Morgan fingerprint density at radius 1 is 1.09 bits per heavy atom. The highest BCUT2D eigenvalue weighted by Crippen LogP contribution is 2.50. The quantitative estimate of drug-likeness (QED) is 0.787. The standard InChI is InChI=1S/C18H18N4/c1-2-5-13-12(4-1)8-9-14-15(13)10-16(14)20-17-6-3-7-18-21-19-11-22(17)18/h1-7,11,14-16,20H,8-10H2. The molecule has 1 N–H and O–H groups in total. The summed E-state index contributed by atoms with van der Waals surface area (Å²) >= 11 is 0. The monoisotopic (exact) mass is 290 g/mol. The molecule has 0 amide bonds. The Morgan fingerprint density at radius 3 is 3.05 bits per heavy atom. The average molecular weight is 290 g/mol. The van der Waals surface area contributed by atoms with E-state index < -0.39 is 0 Å². The highest BCUT2D eigenvalue weighted by atomic mass is 15.3. The second-order valence-electron chi connectivity index (χ2n) is 6.46. The molecule has 1 aromatic carbocycles. The van der Waals surface area contributed by atoms with Crippen LogP contribution < -0.4 is 5.32 Å². The van der Waals surface area contributed by atoms with E-state index in [2.05, 4.69) is 45.8 Å². The van der Waals surface area contributed by atoms with Gasteiger partial charge in [-0.3, -0.25) is 4.40 Å². The summed E-state index contributed by atoms with van der Waals surface area (Å²) in [5, 5.41) is 11.8. The lowest BCUT2D eigenvalue weighted by molar-refractivity contribution is 0.194. The number of aryl methyl sites for hydroxylation is 1. The fourth-order valence-corrected chi connectivity index (χ4v) is 4.24. The summed E-state index contributed by atoms with van der Waals surface area (Å²) in [6, 6.07) is 15.7. The first-order chi connectivity index (χ1) is 10.9. The molecule has 5 rings (SSSR count). The van der Waals surface area contributed by atoms with Crippen LogP contribution in [0.3, 0.4) is 0 Å². The lowest BCUT2D eigenvalue weighted by atomic mass is 9.60. The van der Waals surface area contributed by atoms with Crippen LogP contribution in [0.5, 0.6) is 0 Å². The maximum Gasteiger partial charge on any atom is 0.162 e. The molecule has 0 radical (unpaired) electrons. The zero-order chi connectivity index (χ0) is 14.5. The van der Waals surface area contributed by atoms with Crippen molar-refractivity contribution in [3.05, 3.63) is 59.9 Å². The van der Waals surface area contributed by atoms with Crippen molar-refractivity contribution < 1.29 is 0 Å². The van der Waals surface area contributed by atoms with Crippen LogP contribution in [0.4, 0.5) is 5.82 Å². The molecule has 2 heterocycles. The van der Waals surface area contributed by atoms with Crippen LogP contribution in [-0.4, -0.2) is 20.6 Å². The fraction of sp³-hybridized carbons (Fsp3) is 0.333. The van der Waals surface area contributed by atoms with Gasteiger partial charge < -0.3 is 5.32 Å². The Morgan fingerprint density at radius 2 is 2.05 bits per heavy atom. The molecule has 0 spiro atoms. The number of fused-ring (bicyclic) bond motifs is 4. The Kier molecular flexibility index (Phi) is 2.53. The smallest absolute Gasteiger partial charge is 0.162 e. The fourth-order valence-electron chi connectivity index (χ4n) is 4.24. The number of hydrogen-bond donors (Lipinski definition) is 1. The van der Waals surface area contributed by atoms with Gasteiger partial charge in [0.2, 0.25) is 0 Å². The van der Waals surface area contributed by atoms with Crippen LogP contribution in [0.1, 0.15) is 29.9 Å². The summed E-state index contributed by atoms with van der Waals surface area (Å²) in [4.78, 5) is 0. The summed E-state index contributed by atoms with van der Waals surface area (Å²) in [5.74, 6) is 2.59. The van der Waals surface area contributed by atoms with E-state index in [9.17, 15) is 0 Å². The van der Waals surface area contributed by atoms with Gasteiger partial charge >= 0.3 is 0 Å². The molecule has 1 fully saturated rings. The van der Waals surface area contributed by atoms with Crippen molar-refractivity contribution >= 4 is 11.5 Å². The molecule has 22 heavy (non-hydrogen) atoms.